The molecule has 6 heteroatoms. The van der Waals surface area contributed by atoms with Gasteiger partial charge in [0.15, 0.2) is 0 Å². The molecule has 5 nitrogen and oxygen atoms in total. The van der Waals surface area contributed by atoms with Gasteiger partial charge < -0.3 is 10.8 Å². The molecule has 0 spiro atoms. The van der Waals surface area contributed by atoms with Crippen molar-refractivity contribution in [2.75, 3.05) is 19.4 Å². The Labute approximate surface area is 147 Å². The summed E-state index contributed by atoms with van der Waals surface area (Å²) in [7, 11) is 2.01. The van der Waals surface area contributed by atoms with E-state index >= 15 is 0 Å². The summed E-state index contributed by atoms with van der Waals surface area (Å²) < 4.78 is 0. The van der Waals surface area contributed by atoms with Crippen LogP contribution in [0.25, 0.3) is 10.2 Å². The van der Waals surface area contributed by atoms with Gasteiger partial charge >= 0.3 is 0 Å². The zero-order valence-corrected chi connectivity index (χ0v) is 15.9. The van der Waals surface area contributed by atoms with E-state index < -0.39 is 0 Å². The molecule has 0 radical (unpaired) electrons. The normalized spacial score (nSPS) is 16.6. The summed E-state index contributed by atoms with van der Waals surface area (Å²) in [5, 5.41) is 10.8. The standard InChI is InChI=1S/C18H28N4OS/c1-18(2,3)13(10-23)22(4)9-14-20-16(19)15-11-7-5-6-8-12(11)24-17(15)21-14/h13,23H,5-10H2,1-4H3,(H2,19,20,21). The lowest BCUT2D eigenvalue weighted by Gasteiger charge is -2.36. The quantitative estimate of drug-likeness (QED) is 0.888. The number of aliphatic hydroxyl groups is 1. The molecule has 3 rings (SSSR count). The largest absolute Gasteiger partial charge is 0.395 e. The summed E-state index contributed by atoms with van der Waals surface area (Å²) in [6.07, 6.45) is 4.72. The molecular weight excluding hydrogens is 320 g/mol. The third-order valence-electron chi connectivity index (χ3n) is 4.98. The molecule has 0 fully saturated rings. The number of nitrogens with zero attached hydrogens (tertiary/aromatic N) is 3. The zero-order chi connectivity index (χ0) is 17.5. The number of likely N-dealkylation sites (N-methyl/N-ethyl adjacent to an activating group) is 1. The van der Waals surface area contributed by atoms with Gasteiger partial charge in [-0.15, -0.1) is 11.3 Å². The molecule has 1 atom stereocenters. The van der Waals surface area contributed by atoms with Crippen LogP contribution in [-0.2, 0) is 19.4 Å². The van der Waals surface area contributed by atoms with Crippen LogP contribution in [0.5, 0.6) is 0 Å². The summed E-state index contributed by atoms with van der Waals surface area (Å²) in [4.78, 5) is 13.9. The van der Waals surface area contributed by atoms with Crippen LogP contribution in [0.1, 0.15) is 49.9 Å². The predicted octanol–water partition coefficient (Wildman–Crippen LogP) is 2.99. The van der Waals surface area contributed by atoms with E-state index in [-0.39, 0.29) is 18.1 Å². The van der Waals surface area contributed by atoms with Crippen molar-refractivity contribution >= 4 is 27.4 Å². The Bertz CT molecular complexity index is 735. The molecule has 0 saturated heterocycles. The van der Waals surface area contributed by atoms with Gasteiger partial charge in [0, 0.05) is 10.9 Å². The molecule has 2 aromatic rings. The number of hydrogen-bond acceptors (Lipinski definition) is 6. The average molecular weight is 349 g/mol. The van der Waals surface area contributed by atoms with Crippen molar-refractivity contribution in [1.29, 1.82) is 0 Å². The number of hydrogen-bond donors (Lipinski definition) is 2. The number of nitrogen functional groups attached to an aromatic ring is 1. The Balaban J connectivity index is 1.91. The topological polar surface area (TPSA) is 75.3 Å². The summed E-state index contributed by atoms with van der Waals surface area (Å²) in [6, 6.07) is 0.0505. The fourth-order valence-electron chi connectivity index (χ4n) is 3.71. The third-order valence-corrected chi connectivity index (χ3v) is 6.17. The highest BCUT2D eigenvalue weighted by Crippen LogP contribution is 2.37. The van der Waals surface area contributed by atoms with Gasteiger partial charge in [-0.05, 0) is 43.7 Å². The number of rotatable bonds is 4. The van der Waals surface area contributed by atoms with Crippen molar-refractivity contribution in [3.8, 4) is 0 Å². The summed E-state index contributed by atoms with van der Waals surface area (Å²) in [5.41, 5.74) is 7.65. The van der Waals surface area contributed by atoms with Gasteiger partial charge in [-0.2, -0.15) is 0 Å². The molecule has 0 saturated carbocycles. The average Bonchev–Trinajstić information content (AvgIpc) is 2.84. The molecule has 0 aromatic carbocycles. The van der Waals surface area contributed by atoms with Crippen molar-refractivity contribution in [1.82, 2.24) is 14.9 Å². The van der Waals surface area contributed by atoms with Crippen LogP contribution < -0.4 is 5.73 Å². The number of anilines is 1. The second kappa shape index (κ2) is 6.58. The second-order valence-electron chi connectivity index (χ2n) is 7.90. The zero-order valence-electron chi connectivity index (χ0n) is 15.1. The monoisotopic (exact) mass is 348 g/mol. The van der Waals surface area contributed by atoms with Crippen molar-refractivity contribution in [2.24, 2.45) is 5.41 Å². The van der Waals surface area contributed by atoms with Gasteiger partial charge in [0.2, 0.25) is 0 Å². The van der Waals surface area contributed by atoms with Gasteiger partial charge in [-0.25, -0.2) is 9.97 Å². The maximum absolute atomic E-state index is 9.74. The molecule has 0 aliphatic heterocycles. The number of aromatic nitrogens is 2. The molecule has 2 aromatic heterocycles. The fourth-order valence-corrected chi connectivity index (χ4v) is 5.00. The van der Waals surface area contributed by atoms with Crippen molar-refractivity contribution in [3.63, 3.8) is 0 Å². The summed E-state index contributed by atoms with van der Waals surface area (Å²) >= 11 is 1.78. The smallest absolute Gasteiger partial charge is 0.146 e. The molecule has 1 unspecified atom stereocenters. The van der Waals surface area contributed by atoms with E-state index in [1.807, 2.05) is 7.05 Å². The van der Waals surface area contributed by atoms with E-state index in [0.717, 1.165) is 28.9 Å². The molecule has 0 bridgehead atoms. The summed E-state index contributed by atoms with van der Waals surface area (Å²) in [6.45, 7) is 7.11. The van der Waals surface area contributed by atoms with Gasteiger partial charge in [-0.3, -0.25) is 4.90 Å². The van der Waals surface area contributed by atoms with Crippen LogP contribution in [-0.4, -0.2) is 39.7 Å². The first kappa shape index (κ1) is 17.6. The van der Waals surface area contributed by atoms with Crippen molar-refractivity contribution in [3.05, 3.63) is 16.3 Å². The number of aliphatic hydroxyl groups excluding tert-OH is 1. The second-order valence-corrected chi connectivity index (χ2v) is 8.98. The minimum atomic E-state index is -0.0127. The lowest BCUT2D eigenvalue weighted by atomic mass is 9.86. The van der Waals surface area contributed by atoms with Crippen LogP contribution in [0.4, 0.5) is 5.82 Å². The number of nitrogens with two attached hydrogens (primary N) is 1. The van der Waals surface area contributed by atoms with Crippen LogP contribution in [0.15, 0.2) is 0 Å². The Morgan fingerprint density at radius 2 is 1.96 bits per heavy atom. The Hall–Kier alpha value is -1.24. The predicted molar refractivity (Wildman–Crippen MR) is 100 cm³/mol. The molecule has 132 valence electrons. The van der Waals surface area contributed by atoms with E-state index in [1.54, 1.807) is 11.3 Å². The minimum absolute atomic E-state index is 0.0127. The van der Waals surface area contributed by atoms with Crippen LogP contribution >= 0.6 is 11.3 Å². The van der Waals surface area contributed by atoms with Gasteiger partial charge in [0.25, 0.3) is 0 Å². The number of fused-ring (bicyclic) bond motifs is 3. The maximum atomic E-state index is 9.74. The highest BCUT2D eigenvalue weighted by molar-refractivity contribution is 7.19. The Kier molecular flexibility index (Phi) is 4.82. The number of thiophene rings is 1. The highest BCUT2D eigenvalue weighted by atomic mass is 32.1. The molecule has 3 N–H and O–H groups in total. The van der Waals surface area contributed by atoms with E-state index in [0.29, 0.717) is 12.4 Å². The summed E-state index contributed by atoms with van der Waals surface area (Å²) in [5.74, 6) is 1.35. The Morgan fingerprint density at radius 3 is 2.62 bits per heavy atom. The molecule has 2 heterocycles. The minimum Gasteiger partial charge on any atom is -0.395 e. The maximum Gasteiger partial charge on any atom is 0.146 e. The molecule has 1 aliphatic rings. The Morgan fingerprint density at radius 1 is 1.25 bits per heavy atom. The lowest BCUT2D eigenvalue weighted by Crippen LogP contribution is -2.44. The first-order chi connectivity index (χ1) is 11.3. The SMILES string of the molecule is CN(Cc1nc(N)c2c3c(sc2n1)CCCC3)C(CO)C(C)(C)C. The molecule has 0 amide bonds. The van der Waals surface area contributed by atoms with E-state index in [1.165, 1.54) is 23.3 Å². The number of aryl methyl sites for hydroxylation is 2. The van der Waals surface area contributed by atoms with Crippen LogP contribution in [0.3, 0.4) is 0 Å². The first-order valence-electron chi connectivity index (χ1n) is 8.69. The molecule has 24 heavy (non-hydrogen) atoms. The molecular formula is C18H28N4OS. The highest BCUT2D eigenvalue weighted by Gasteiger charge is 2.28. The van der Waals surface area contributed by atoms with Crippen molar-refractivity contribution < 1.29 is 5.11 Å². The van der Waals surface area contributed by atoms with Gasteiger partial charge in [0.05, 0.1) is 18.5 Å². The van der Waals surface area contributed by atoms with Crippen LogP contribution in [0, 0.1) is 5.41 Å². The van der Waals surface area contributed by atoms with E-state index in [9.17, 15) is 5.11 Å². The van der Waals surface area contributed by atoms with E-state index in [2.05, 4.69) is 30.7 Å². The molecule has 1 aliphatic carbocycles. The van der Waals surface area contributed by atoms with Gasteiger partial charge in [0.1, 0.15) is 16.5 Å². The lowest BCUT2D eigenvalue weighted by molar-refractivity contribution is 0.0599. The van der Waals surface area contributed by atoms with Crippen molar-refractivity contribution in [2.45, 2.75) is 59.0 Å². The van der Waals surface area contributed by atoms with Gasteiger partial charge in [-0.1, -0.05) is 20.8 Å². The fraction of sp³-hybridized carbons (Fsp3) is 0.667. The van der Waals surface area contributed by atoms with E-state index in [4.69, 9.17) is 10.7 Å². The first-order valence-corrected chi connectivity index (χ1v) is 9.50. The van der Waals surface area contributed by atoms with Crippen LogP contribution in [0.2, 0.25) is 0 Å². The third kappa shape index (κ3) is 3.27.